The van der Waals surface area contributed by atoms with Crippen LogP contribution in [0.4, 0.5) is 5.13 Å². The van der Waals surface area contributed by atoms with Crippen molar-refractivity contribution < 1.29 is 0 Å². The number of aromatic nitrogens is 1. The minimum Gasteiger partial charge on any atom is -0.354 e. The molecule has 1 aliphatic heterocycles. The second-order valence-electron chi connectivity index (χ2n) is 4.43. The van der Waals surface area contributed by atoms with E-state index in [1.165, 1.54) is 10.6 Å². The first-order valence-corrected chi connectivity index (χ1v) is 6.55. The fraction of sp³-hybridized carbons (Fsp3) is 0.727. The van der Waals surface area contributed by atoms with Gasteiger partial charge in [-0.15, -0.1) is 11.3 Å². The van der Waals surface area contributed by atoms with Crippen molar-refractivity contribution in [2.24, 2.45) is 0 Å². The van der Waals surface area contributed by atoms with Gasteiger partial charge in [0.15, 0.2) is 5.13 Å². The summed E-state index contributed by atoms with van der Waals surface area (Å²) >= 11 is 1.81. The number of thiazole rings is 1. The normalized spacial score (nSPS) is 17.7. The first kappa shape index (κ1) is 11.8. The predicted octanol–water partition coefficient (Wildman–Crippen LogP) is 0.923. The number of nitrogens with zero attached hydrogens (tertiary/aromatic N) is 3. The SMILES string of the molecule is Cc1nc(N(C)C)sc1CN1CCNCC1. The van der Waals surface area contributed by atoms with Gasteiger partial charge in [-0.2, -0.15) is 0 Å². The Labute approximate surface area is 101 Å². The van der Waals surface area contributed by atoms with Gasteiger partial charge in [0.25, 0.3) is 0 Å². The third-order valence-corrected chi connectivity index (χ3v) is 4.15. The van der Waals surface area contributed by atoms with E-state index in [0.29, 0.717) is 0 Å². The molecule has 90 valence electrons. The molecule has 0 radical (unpaired) electrons. The monoisotopic (exact) mass is 240 g/mol. The van der Waals surface area contributed by atoms with Gasteiger partial charge in [0.2, 0.25) is 0 Å². The number of hydrogen-bond donors (Lipinski definition) is 1. The summed E-state index contributed by atoms with van der Waals surface area (Å²) in [5, 5.41) is 4.49. The van der Waals surface area contributed by atoms with Crippen LogP contribution in [0.3, 0.4) is 0 Å². The van der Waals surface area contributed by atoms with E-state index < -0.39 is 0 Å². The van der Waals surface area contributed by atoms with Crippen molar-refractivity contribution >= 4 is 16.5 Å². The molecule has 2 heterocycles. The van der Waals surface area contributed by atoms with Gasteiger partial charge in [-0.25, -0.2) is 4.98 Å². The summed E-state index contributed by atoms with van der Waals surface area (Å²) in [5.74, 6) is 0. The zero-order valence-electron chi connectivity index (χ0n) is 10.3. The highest BCUT2D eigenvalue weighted by Crippen LogP contribution is 2.25. The van der Waals surface area contributed by atoms with Gasteiger partial charge in [-0.3, -0.25) is 4.90 Å². The molecule has 1 aliphatic rings. The molecule has 1 saturated heterocycles. The summed E-state index contributed by atoms with van der Waals surface area (Å²) in [4.78, 5) is 10.6. The molecule has 0 aliphatic carbocycles. The lowest BCUT2D eigenvalue weighted by Crippen LogP contribution is -2.42. The van der Waals surface area contributed by atoms with Gasteiger partial charge in [-0.05, 0) is 6.92 Å². The van der Waals surface area contributed by atoms with Crippen LogP contribution in [-0.2, 0) is 6.54 Å². The van der Waals surface area contributed by atoms with Crippen LogP contribution in [-0.4, -0.2) is 50.2 Å². The number of rotatable bonds is 3. The first-order valence-electron chi connectivity index (χ1n) is 5.73. The second-order valence-corrected chi connectivity index (χ2v) is 5.49. The van der Waals surface area contributed by atoms with Crippen LogP contribution in [0.25, 0.3) is 0 Å². The molecule has 0 atom stereocenters. The molecular weight excluding hydrogens is 220 g/mol. The second kappa shape index (κ2) is 5.12. The van der Waals surface area contributed by atoms with Gasteiger partial charge in [-0.1, -0.05) is 0 Å². The Morgan fingerprint density at radius 3 is 2.62 bits per heavy atom. The third kappa shape index (κ3) is 2.72. The molecule has 1 N–H and O–H groups in total. The van der Waals surface area contributed by atoms with Crippen molar-refractivity contribution in [3.63, 3.8) is 0 Å². The van der Waals surface area contributed by atoms with Crippen LogP contribution in [0.1, 0.15) is 10.6 Å². The molecule has 0 aromatic carbocycles. The molecule has 16 heavy (non-hydrogen) atoms. The number of piperazine rings is 1. The van der Waals surface area contributed by atoms with Crippen molar-refractivity contribution in [1.29, 1.82) is 0 Å². The summed E-state index contributed by atoms with van der Waals surface area (Å²) < 4.78 is 0. The molecule has 4 nitrogen and oxygen atoms in total. The van der Waals surface area contributed by atoms with Gasteiger partial charge in [0, 0.05) is 51.7 Å². The van der Waals surface area contributed by atoms with Crippen LogP contribution in [0.5, 0.6) is 0 Å². The van der Waals surface area contributed by atoms with Crippen molar-refractivity contribution in [2.45, 2.75) is 13.5 Å². The maximum atomic E-state index is 4.58. The van der Waals surface area contributed by atoms with Gasteiger partial charge >= 0.3 is 0 Å². The Bertz CT molecular complexity index is 342. The Morgan fingerprint density at radius 2 is 2.06 bits per heavy atom. The van der Waals surface area contributed by atoms with Crippen molar-refractivity contribution in [1.82, 2.24) is 15.2 Å². The Balaban J connectivity index is 2.02. The van der Waals surface area contributed by atoms with E-state index in [1.807, 2.05) is 25.4 Å². The standard InChI is InChI=1S/C11H20N4S/c1-9-10(16-11(13-9)14(2)3)8-15-6-4-12-5-7-15/h12H,4-8H2,1-3H3. The molecule has 1 aromatic heterocycles. The molecule has 0 spiro atoms. The fourth-order valence-electron chi connectivity index (χ4n) is 1.82. The topological polar surface area (TPSA) is 31.4 Å². The third-order valence-electron chi connectivity index (χ3n) is 2.84. The number of aryl methyl sites for hydroxylation is 1. The van der Waals surface area contributed by atoms with E-state index in [4.69, 9.17) is 0 Å². The molecule has 5 heteroatoms. The smallest absolute Gasteiger partial charge is 0.185 e. The van der Waals surface area contributed by atoms with Gasteiger partial charge in [0.1, 0.15) is 0 Å². The largest absolute Gasteiger partial charge is 0.354 e. The minimum absolute atomic E-state index is 1.05. The predicted molar refractivity (Wildman–Crippen MR) is 69.3 cm³/mol. The lowest BCUT2D eigenvalue weighted by atomic mass is 10.3. The van der Waals surface area contributed by atoms with E-state index in [2.05, 4.69) is 27.0 Å². The van der Waals surface area contributed by atoms with E-state index in [0.717, 1.165) is 37.9 Å². The van der Waals surface area contributed by atoms with Gasteiger partial charge < -0.3 is 10.2 Å². The van der Waals surface area contributed by atoms with Crippen LogP contribution < -0.4 is 10.2 Å². The molecule has 0 unspecified atom stereocenters. The molecule has 0 saturated carbocycles. The van der Waals surface area contributed by atoms with Crippen LogP contribution in [0.15, 0.2) is 0 Å². The summed E-state index contributed by atoms with van der Waals surface area (Å²) in [7, 11) is 4.10. The summed E-state index contributed by atoms with van der Waals surface area (Å²) in [5.41, 5.74) is 1.19. The fourth-order valence-corrected chi connectivity index (χ4v) is 2.85. The Morgan fingerprint density at radius 1 is 1.38 bits per heavy atom. The lowest BCUT2D eigenvalue weighted by Gasteiger charge is -2.26. The van der Waals surface area contributed by atoms with E-state index in [1.54, 1.807) is 0 Å². The molecule has 0 bridgehead atoms. The van der Waals surface area contributed by atoms with Crippen molar-refractivity contribution in [3.8, 4) is 0 Å². The average Bonchev–Trinajstić information content (AvgIpc) is 2.62. The van der Waals surface area contributed by atoms with E-state index >= 15 is 0 Å². The van der Waals surface area contributed by atoms with Crippen LogP contribution in [0, 0.1) is 6.92 Å². The Hall–Kier alpha value is -0.650. The number of nitrogens with one attached hydrogen (secondary N) is 1. The zero-order valence-corrected chi connectivity index (χ0v) is 11.1. The summed E-state index contributed by atoms with van der Waals surface area (Å²) in [6.07, 6.45) is 0. The maximum Gasteiger partial charge on any atom is 0.185 e. The van der Waals surface area contributed by atoms with Crippen molar-refractivity contribution in [2.75, 3.05) is 45.2 Å². The van der Waals surface area contributed by atoms with Crippen LogP contribution >= 0.6 is 11.3 Å². The molecule has 1 fully saturated rings. The molecule has 0 amide bonds. The summed E-state index contributed by atoms with van der Waals surface area (Å²) in [6, 6.07) is 0. The lowest BCUT2D eigenvalue weighted by molar-refractivity contribution is 0.234. The van der Waals surface area contributed by atoms with Crippen LogP contribution in [0.2, 0.25) is 0 Å². The highest BCUT2D eigenvalue weighted by atomic mass is 32.1. The highest BCUT2D eigenvalue weighted by Gasteiger charge is 2.14. The van der Waals surface area contributed by atoms with Crippen molar-refractivity contribution in [3.05, 3.63) is 10.6 Å². The molecule has 2 rings (SSSR count). The van der Waals surface area contributed by atoms with Gasteiger partial charge in [0.05, 0.1) is 5.69 Å². The molecular formula is C11H20N4S. The maximum absolute atomic E-state index is 4.58. The quantitative estimate of drug-likeness (QED) is 0.851. The average molecular weight is 240 g/mol. The zero-order chi connectivity index (χ0) is 11.5. The highest BCUT2D eigenvalue weighted by molar-refractivity contribution is 7.15. The number of anilines is 1. The number of hydrogen-bond acceptors (Lipinski definition) is 5. The minimum atomic E-state index is 1.05. The van der Waals surface area contributed by atoms with E-state index in [-0.39, 0.29) is 0 Å². The first-order chi connectivity index (χ1) is 7.66. The summed E-state index contributed by atoms with van der Waals surface area (Å²) in [6.45, 7) is 7.68. The molecule has 1 aromatic rings. The van der Waals surface area contributed by atoms with E-state index in [9.17, 15) is 0 Å². The Kier molecular flexibility index (Phi) is 3.78.